The van der Waals surface area contributed by atoms with E-state index in [0.717, 1.165) is 33.4 Å². The van der Waals surface area contributed by atoms with Crippen molar-refractivity contribution in [3.63, 3.8) is 0 Å². The van der Waals surface area contributed by atoms with Gasteiger partial charge in [0.2, 0.25) is 0 Å². The first-order valence-electron chi connectivity index (χ1n) is 16.4. The Morgan fingerprint density at radius 1 is 0.396 bits per heavy atom. The van der Waals surface area contributed by atoms with Gasteiger partial charge in [-0.25, -0.2) is 4.98 Å². The van der Waals surface area contributed by atoms with Gasteiger partial charge in [0.05, 0.1) is 27.6 Å². The van der Waals surface area contributed by atoms with E-state index in [0.29, 0.717) is 0 Å². The summed E-state index contributed by atoms with van der Waals surface area (Å²) in [7, 11) is 0. The summed E-state index contributed by atoms with van der Waals surface area (Å²) in [5.74, 6) is 0. The molecule has 7 aromatic carbocycles. The molecule has 0 saturated carbocycles. The molecule has 0 N–H and O–H groups in total. The van der Waals surface area contributed by atoms with Gasteiger partial charge in [-0.2, -0.15) is 0 Å². The molecule has 0 spiro atoms. The van der Waals surface area contributed by atoms with Crippen molar-refractivity contribution in [3.05, 3.63) is 176 Å². The van der Waals surface area contributed by atoms with Crippen molar-refractivity contribution in [1.82, 2.24) is 14.0 Å². The van der Waals surface area contributed by atoms with Crippen molar-refractivity contribution in [2.75, 3.05) is 0 Å². The highest BCUT2D eigenvalue weighted by molar-refractivity contribution is 6.09. The summed E-state index contributed by atoms with van der Waals surface area (Å²) in [4.78, 5) is 5.25. The van der Waals surface area contributed by atoms with E-state index in [1.807, 2.05) is 0 Å². The number of benzene rings is 7. The molecule has 0 amide bonds. The second-order valence-electron chi connectivity index (χ2n) is 12.4. The monoisotopic (exact) mass is 611 g/mol. The normalized spacial score (nSPS) is 11.8. The molecule has 48 heavy (non-hydrogen) atoms. The van der Waals surface area contributed by atoms with E-state index in [-0.39, 0.29) is 0 Å². The van der Waals surface area contributed by atoms with Gasteiger partial charge in [-0.05, 0) is 76.2 Å². The van der Waals surface area contributed by atoms with Gasteiger partial charge in [0, 0.05) is 27.6 Å². The summed E-state index contributed by atoms with van der Waals surface area (Å²) in [5.41, 5.74) is 14.9. The molecule has 3 heterocycles. The molecule has 0 aliphatic carbocycles. The van der Waals surface area contributed by atoms with E-state index >= 15 is 0 Å². The molecule has 3 nitrogen and oxygen atoms in total. The highest BCUT2D eigenvalue weighted by Crippen LogP contribution is 2.38. The molecule has 0 saturated heterocycles. The van der Waals surface area contributed by atoms with Crippen LogP contribution < -0.4 is 0 Å². The number of nitrogens with zero attached hydrogens (tertiary/aromatic N) is 3. The zero-order valence-corrected chi connectivity index (χ0v) is 26.1. The number of para-hydroxylation sites is 2. The molecule has 0 fully saturated rings. The van der Waals surface area contributed by atoms with Crippen LogP contribution >= 0.6 is 0 Å². The predicted molar refractivity (Wildman–Crippen MR) is 201 cm³/mol. The second kappa shape index (κ2) is 10.5. The van der Waals surface area contributed by atoms with Gasteiger partial charge in [-0.3, -0.25) is 4.40 Å². The molecule has 0 unspecified atom stereocenters. The minimum Gasteiger partial charge on any atom is -0.309 e. The lowest BCUT2D eigenvalue weighted by atomic mass is 9.97. The maximum Gasteiger partial charge on any atom is 0.138 e. The van der Waals surface area contributed by atoms with Crippen LogP contribution in [0.2, 0.25) is 0 Å². The minimum atomic E-state index is 0.946. The Hall–Kier alpha value is -6.45. The molecule has 10 aromatic rings. The van der Waals surface area contributed by atoms with E-state index in [1.165, 1.54) is 55.0 Å². The predicted octanol–water partition coefficient (Wildman–Crippen LogP) is 11.7. The third-order valence-electron chi connectivity index (χ3n) is 9.72. The van der Waals surface area contributed by atoms with Crippen LogP contribution in [0.4, 0.5) is 0 Å². The summed E-state index contributed by atoms with van der Waals surface area (Å²) in [5, 5.41) is 3.72. The summed E-state index contributed by atoms with van der Waals surface area (Å²) in [6.07, 6.45) is 0. The van der Waals surface area contributed by atoms with Gasteiger partial charge >= 0.3 is 0 Å². The summed E-state index contributed by atoms with van der Waals surface area (Å²) >= 11 is 0. The number of hydrogen-bond acceptors (Lipinski definition) is 1. The summed E-state index contributed by atoms with van der Waals surface area (Å²) in [6.45, 7) is 0. The van der Waals surface area contributed by atoms with Gasteiger partial charge < -0.3 is 4.57 Å². The van der Waals surface area contributed by atoms with Crippen LogP contribution in [0.25, 0.3) is 88.5 Å². The lowest BCUT2D eigenvalue weighted by molar-refractivity contribution is 1.18. The number of aromatic nitrogens is 3. The average molecular weight is 612 g/mol. The Balaban J connectivity index is 1.13. The van der Waals surface area contributed by atoms with Gasteiger partial charge in [0.1, 0.15) is 5.65 Å². The van der Waals surface area contributed by atoms with Crippen molar-refractivity contribution in [3.8, 4) is 39.1 Å². The van der Waals surface area contributed by atoms with Crippen LogP contribution in [0.15, 0.2) is 176 Å². The van der Waals surface area contributed by atoms with E-state index in [1.54, 1.807) is 0 Å². The first kappa shape index (κ1) is 26.7. The molecule has 10 rings (SSSR count). The zero-order valence-electron chi connectivity index (χ0n) is 26.1. The Morgan fingerprint density at radius 2 is 0.979 bits per heavy atom. The van der Waals surface area contributed by atoms with E-state index < -0.39 is 0 Å². The highest BCUT2D eigenvalue weighted by atomic mass is 15.0. The number of hydrogen-bond donors (Lipinski definition) is 0. The molecule has 3 aromatic heterocycles. The number of pyridine rings is 1. The van der Waals surface area contributed by atoms with Crippen LogP contribution in [0, 0.1) is 0 Å². The van der Waals surface area contributed by atoms with E-state index in [4.69, 9.17) is 4.98 Å². The fourth-order valence-corrected chi connectivity index (χ4v) is 7.49. The van der Waals surface area contributed by atoms with Gasteiger partial charge in [-0.15, -0.1) is 0 Å². The fourth-order valence-electron chi connectivity index (χ4n) is 7.49. The fraction of sp³-hybridized carbons (Fsp3) is 0. The standard InChI is InChI=1S/C45H29N3/c1-3-11-31(12-4-1)36-25-26-37(32-13-5-2-6-14-32)45-44(36)46-43-28-22-34-29-33(21-27-40(34)48(43)45)30-19-23-35(24-20-30)47-41-17-9-7-15-38(41)39-16-8-10-18-42(39)47/h1-29H. The lowest BCUT2D eigenvalue weighted by Crippen LogP contribution is -1.94. The van der Waals surface area contributed by atoms with Crippen LogP contribution in [-0.2, 0) is 0 Å². The van der Waals surface area contributed by atoms with Crippen LogP contribution in [0.5, 0.6) is 0 Å². The SMILES string of the molecule is c1ccc(-c2ccc(-c3ccccc3)c3c2nc2ccc4cc(-c5ccc(-n6c7ccccc7c7ccccc76)cc5)ccc4n23)cc1. The molecule has 224 valence electrons. The molecule has 0 aliphatic heterocycles. The Morgan fingerprint density at radius 3 is 1.67 bits per heavy atom. The molecule has 0 atom stereocenters. The maximum atomic E-state index is 5.25. The van der Waals surface area contributed by atoms with Crippen molar-refractivity contribution in [2.45, 2.75) is 0 Å². The van der Waals surface area contributed by atoms with Crippen molar-refractivity contribution in [2.24, 2.45) is 0 Å². The van der Waals surface area contributed by atoms with E-state index in [9.17, 15) is 0 Å². The minimum absolute atomic E-state index is 0.946. The quantitative estimate of drug-likeness (QED) is 0.194. The van der Waals surface area contributed by atoms with Crippen LogP contribution in [0.1, 0.15) is 0 Å². The Kier molecular flexibility index (Phi) is 5.87. The first-order valence-corrected chi connectivity index (χ1v) is 16.4. The third kappa shape index (κ3) is 4.04. The van der Waals surface area contributed by atoms with E-state index in [2.05, 4.69) is 185 Å². The lowest BCUT2D eigenvalue weighted by Gasteiger charge is -2.12. The van der Waals surface area contributed by atoms with Gasteiger partial charge in [-0.1, -0.05) is 127 Å². The number of fused-ring (bicyclic) bond motifs is 8. The third-order valence-corrected chi connectivity index (χ3v) is 9.72. The molecule has 0 radical (unpaired) electrons. The van der Waals surface area contributed by atoms with Crippen molar-refractivity contribution >= 4 is 49.4 Å². The first-order chi connectivity index (χ1) is 23.8. The summed E-state index contributed by atoms with van der Waals surface area (Å²) < 4.78 is 4.71. The Labute approximate surface area is 277 Å². The van der Waals surface area contributed by atoms with Crippen molar-refractivity contribution < 1.29 is 0 Å². The van der Waals surface area contributed by atoms with Crippen molar-refractivity contribution in [1.29, 1.82) is 0 Å². The summed E-state index contributed by atoms with van der Waals surface area (Å²) in [6, 6.07) is 63.1. The maximum absolute atomic E-state index is 5.25. The van der Waals surface area contributed by atoms with Gasteiger partial charge in [0.25, 0.3) is 0 Å². The zero-order chi connectivity index (χ0) is 31.6. The molecule has 3 heteroatoms. The smallest absolute Gasteiger partial charge is 0.138 e. The molecule has 0 bridgehead atoms. The van der Waals surface area contributed by atoms with Gasteiger partial charge in [0.15, 0.2) is 0 Å². The second-order valence-corrected chi connectivity index (χ2v) is 12.4. The number of imidazole rings is 1. The van der Waals surface area contributed by atoms with Crippen LogP contribution in [0.3, 0.4) is 0 Å². The average Bonchev–Trinajstić information content (AvgIpc) is 3.72. The van der Waals surface area contributed by atoms with Crippen LogP contribution in [-0.4, -0.2) is 14.0 Å². The largest absolute Gasteiger partial charge is 0.309 e. The molecular weight excluding hydrogens is 583 g/mol. The molecular formula is C45H29N3. The Bertz CT molecular complexity index is 2750. The highest BCUT2D eigenvalue weighted by Gasteiger charge is 2.18. The number of rotatable bonds is 4. The topological polar surface area (TPSA) is 22.2 Å². The molecule has 0 aliphatic rings.